The molecule has 18 heavy (non-hydrogen) atoms. The van der Waals surface area contributed by atoms with Gasteiger partial charge < -0.3 is 20.7 Å². The van der Waals surface area contributed by atoms with Gasteiger partial charge in [0, 0.05) is 38.0 Å². The third-order valence-electron chi connectivity index (χ3n) is 2.70. The van der Waals surface area contributed by atoms with Crippen molar-refractivity contribution >= 4 is 11.8 Å². The largest absolute Gasteiger partial charge is 0.378 e. The molecule has 1 saturated heterocycles. The van der Waals surface area contributed by atoms with Gasteiger partial charge in [-0.3, -0.25) is 9.59 Å². The number of carbonyl (C=O) groups excluding carboxylic acids is 2. The molecule has 6 heteroatoms. The lowest BCUT2D eigenvalue weighted by atomic mass is 10.2. The number of rotatable bonds is 6. The molecule has 0 bridgehead atoms. The van der Waals surface area contributed by atoms with Crippen LogP contribution in [0.2, 0.25) is 0 Å². The van der Waals surface area contributed by atoms with E-state index < -0.39 is 0 Å². The fourth-order valence-corrected chi connectivity index (χ4v) is 1.64. The van der Waals surface area contributed by atoms with E-state index in [4.69, 9.17) is 4.74 Å². The van der Waals surface area contributed by atoms with Crippen LogP contribution in [-0.2, 0) is 14.3 Å². The highest BCUT2D eigenvalue weighted by Gasteiger charge is 2.16. The number of amides is 2. The Hall–Kier alpha value is -1.14. The smallest absolute Gasteiger partial charge is 0.222 e. The predicted octanol–water partition coefficient (Wildman–Crippen LogP) is -0.747. The van der Waals surface area contributed by atoms with E-state index in [0.717, 1.165) is 6.54 Å². The average Bonchev–Trinajstić information content (AvgIpc) is 2.35. The summed E-state index contributed by atoms with van der Waals surface area (Å²) < 4.78 is 5.27. The Morgan fingerprint density at radius 2 is 2.06 bits per heavy atom. The third kappa shape index (κ3) is 5.97. The molecular formula is C12H23N3O3. The Morgan fingerprint density at radius 1 is 1.33 bits per heavy atom. The number of carbonyl (C=O) groups is 2. The molecule has 6 nitrogen and oxygen atoms in total. The Labute approximate surface area is 108 Å². The molecule has 1 unspecified atom stereocenters. The molecule has 0 saturated carbocycles. The van der Waals surface area contributed by atoms with Gasteiger partial charge in [-0.2, -0.15) is 0 Å². The average molecular weight is 257 g/mol. The Balaban J connectivity index is 2.04. The second-order valence-corrected chi connectivity index (χ2v) is 4.73. The first kappa shape index (κ1) is 14.9. The van der Waals surface area contributed by atoms with Crippen molar-refractivity contribution in [2.45, 2.75) is 26.3 Å². The molecule has 1 fully saturated rings. The molecule has 1 aliphatic rings. The molecule has 0 aliphatic carbocycles. The van der Waals surface area contributed by atoms with Crippen LogP contribution in [0.25, 0.3) is 0 Å². The van der Waals surface area contributed by atoms with Crippen LogP contribution in [0.5, 0.6) is 0 Å². The standard InChI is InChI=1S/C12H23N3O3/c1-9(2)12(17)15-4-3-14-11(16)7-10-8-18-6-5-13-10/h9-10,13H,3-8H2,1-2H3,(H,14,16)(H,15,17). The molecule has 1 heterocycles. The van der Waals surface area contributed by atoms with Crippen LogP contribution in [0.15, 0.2) is 0 Å². The molecule has 104 valence electrons. The van der Waals surface area contributed by atoms with Crippen LogP contribution < -0.4 is 16.0 Å². The molecule has 0 spiro atoms. The van der Waals surface area contributed by atoms with Gasteiger partial charge in [-0.15, -0.1) is 0 Å². The first-order chi connectivity index (χ1) is 8.59. The number of hydrogen-bond acceptors (Lipinski definition) is 4. The van der Waals surface area contributed by atoms with Gasteiger partial charge in [-0.05, 0) is 0 Å². The molecule has 1 atom stereocenters. The summed E-state index contributed by atoms with van der Waals surface area (Å²) in [6, 6.07) is 0.101. The fourth-order valence-electron chi connectivity index (χ4n) is 1.64. The van der Waals surface area contributed by atoms with Crippen LogP contribution in [0.3, 0.4) is 0 Å². The maximum absolute atomic E-state index is 11.6. The lowest BCUT2D eigenvalue weighted by Crippen LogP contribution is -2.45. The van der Waals surface area contributed by atoms with E-state index in [1.165, 1.54) is 0 Å². The Morgan fingerprint density at radius 3 is 2.67 bits per heavy atom. The van der Waals surface area contributed by atoms with Gasteiger partial charge in [-0.1, -0.05) is 13.8 Å². The van der Waals surface area contributed by atoms with Crippen LogP contribution in [0.1, 0.15) is 20.3 Å². The fraction of sp³-hybridized carbons (Fsp3) is 0.833. The quantitative estimate of drug-likeness (QED) is 0.547. The summed E-state index contributed by atoms with van der Waals surface area (Å²) in [4.78, 5) is 22.8. The van der Waals surface area contributed by atoms with Crippen LogP contribution in [0.4, 0.5) is 0 Å². The van der Waals surface area contributed by atoms with Gasteiger partial charge in [0.15, 0.2) is 0 Å². The van der Waals surface area contributed by atoms with Crippen molar-refractivity contribution in [3.63, 3.8) is 0 Å². The third-order valence-corrected chi connectivity index (χ3v) is 2.70. The zero-order chi connectivity index (χ0) is 13.4. The van der Waals surface area contributed by atoms with E-state index in [-0.39, 0.29) is 23.8 Å². The van der Waals surface area contributed by atoms with Gasteiger partial charge in [0.1, 0.15) is 0 Å². The van der Waals surface area contributed by atoms with Gasteiger partial charge in [0.2, 0.25) is 11.8 Å². The SMILES string of the molecule is CC(C)C(=O)NCCNC(=O)CC1COCCN1. The number of ether oxygens (including phenoxy) is 1. The number of morpholine rings is 1. The summed E-state index contributed by atoms with van der Waals surface area (Å²) in [5.74, 6) is -0.0346. The van der Waals surface area contributed by atoms with Gasteiger partial charge in [0.05, 0.1) is 13.2 Å². The summed E-state index contributed by atoms with van der Waals surface area (Å²) >= 11 is 0. The lowest BCUT2D eigenvalue weighted by Gasteiger charge is -2.23. The van der Waals surface area contributed by atoms with Crippen molar-refractivity contribution < 1.29 is 14.3 Å². The molecule has 1 aliphatic heterocycles. The summed E-state index contributed by atoms with van der Waals surface area (Å²) in [6.45, 7) is 6.69. The molecule has 3 N–H and O–H groups in total. The zero-order valence-electron chi connectivity index (χ0n) is 11.1. The minimum Gasteiger partial charge on any atom is -0.378 e. The van der Waals surface area contributed by atoms with E-state index in [1.54, 1.807) is 0 Å². The number of hydrogen-bond donors (Lipinski definition) is 3. The van der Waals surface area contributed by atoms with Crippen molar-refractivity contribution in [2.24, 2.45) is 5.92 Å². The van der Waals surface area contributed by atoms with E-state index in [2.05, 4.69) is 16.0 Å². The maximum atomic E-state index is 11.6. The summed E-state index contributed by atoms with van der Waals surface area (Å²) in [5.41, 5.74) is 0. The maximum Gasteiger partial charge on any atom is 0.222 e. The molecule has 1 rings (SSSR count). The van der Waals surface area contributed by atoms with Crippen LogP contribution in [-0.4, -0.2) is 50.7 Å². The van der Waals surface area contributed by atoms with Crippen molar-refractivity contribution in [3.8, 4) is 0 Å². The van der Waals surface area contributed by atoms with E-state index in [1.807, 2.05) is 13.8 Å². The Bertz CT molecular complexity index is 276. The van der Waals surface area contributed by atoms with Crippen molar-refractivity contribution in [3.05, 3.63) is 0 Å². The van der Waals surface area contributed by atoms with E-state index >= 15 is 0 Å². The minimum absolute atomic E-state index is 0.00611. The highest BCUT2D eigenvalue weighted by Crippen LogP contribution is 1.97. The monoisotopic (exact) mass is 257 g/mol. The molecular weight excluding hydrogens is 234 g/mol. The second-order valence-electron chi connectivity index (χ2n) is 4.73. The highest BCUT2D eigenvalue weighted by molar-refractivity contribution is 5.78. The second kappa shape index (κ2) is 8.05. The lowest BCUT2D eigenvalue weighted by molar-refractivity contribution is -0.125. The molecule has 0 aromatic heterocycles. The van der Waals surface area contributed by atoms with Crippen LogP contribution in [0, 0.1) is 5.92 Å². The van der Waals surface area contributed by atoms with Gasteiger partial charge in [-0.25, -0.2) is 0 Å². The summed E-state index contributed by atoms with van der Waals surface area (Å²) in [6.07, 6.45) is 0.415. The molecule has 0 aromatic carbocycles. The van der Waals surface area contributed by atoms with Crippen molar-refractivity contribution in [1.82, 2.24) is 16.0 Å². The predicted molar refractivity (Wildman–Crippen MR) is 68.1 cm³/mol. The van der Waals surface area contributed by atoms with E-state index in [0.29, 0.717) is 32.7 Å². The minimum atomic E-state index is -0.0238. The summed E-state index contributed by atoms with van der Waals surface area (Å²) in [7, 11) is 0. The molecule has 0 radical (unpaired) electrons. The normalized spacial score (nSPS) is 19.6. The van der Waals surface area contributed by atoms with E-state index in [9.17, 15) is 9.59 Å². The summed E-state index contributed by atoms with van der Waals surface area (Å²) in [5, 5.41) is 8.74. The first-order valence-corrected chi connectivity index (χ1v) is 6.45. The van der Waals surface area contributed by atoms with Gasteiger partial charge in [0.25, 0.3) is 0 Å². The Kier molecular flexibility index (Phi) is 6.67. The van der Waals surface area contributed by atoms with Crippen molar-refractivity contribution in [2.75, 3.05) is 32.8 Å². The number of nitrogens with one attached hydrogen (secondary N) is 3. The van der Waals surface area contributed by atoms with Gasteiger partial charge >= 0.3 is 0 Å². The van der Waals surface area contributed by atoms with Crippen LogP contribution >= 0.6 is 0 Å². The topological polar surface area (TPSA) is 79.5 Å². The zero-order valence-corrected chi connectivity index (χ0v) is 11.1. The molecule has 2 amide bonds. The molecule has 0 aromatic rings. The first-order valence-electron chi connectivity index (χ1n) is 6.45. The van der Waals surface area contributed by atoms with Crippen molar-refractivity contribution in [1.29, 1.82) is 0 Å². The highest BCUT2D eigenvalue weighted by atomic mass is 16.5.